The summed E-state index contributed by atoms with van der Waals surface area (Å²) in [6.07, 6.45) is 3.05. The number of carbonyl (C=O) groups excluding carboxylic acids is 2. The fraction of sp³-hybridized carbons (Fsp3) is 0.600. The molecule has 1 heterocycles. The van der Waals surface area contributed by atoms with Crippen LogP contribution in [0.3, 0.4) is 0 Å². The van der Waals surface area contributed by atoms with Crippen LogP contribution in [0, 0.1) is 24.6 Å². The van der Waals surface area contributed by atoms with E-state index in [4.69, 9.17) is 0 Å². The van der Waals surface area contributed by atoms with E-state index in [1.807, 2.05) is 13.0 Å². The average Bonchev–Trinajstić information content (AvgIpc) is 3.46. The lowest BCUT2D eigenvalue weighted by Gasteiger charge is -2.37. The zero-order valence-electron chi connectivity index (χ0n) is 15.6. The van der Waals surface area contributed by atoms with Crippen LogP contribution >= 0.6 is 0 Å². The number of amides is 3. The van der Waals surface area contributed by atoms with Crippen molar-refractivity contribution < 1.29 is 14.0 Å². The number of piperidine rings is 1. The van der Waals surface area contributed by atoms with Crippen molar-refractivity contribution >= 4 is 11.9 Å². The molecule has 2 fully saturated rings. The first-order chi connectivity index (χ1) is 12.5. The molecule has 1 saturated heterocycles. The smallest absolute Gasteiger partial charge is 0.317 e. The van der Waals surface area contributed by atoms with Crippen molar-refractivity contribution in [3.8, 4) is 0 Å². The third kappa shape index (κ3) is 4.54. The molecule has 0 unspecified atom stereocenters. The lowest BCUT2D eigenvalue weighted by atomic mass is 9.83. The maximum Gasteiger partial charge on any atom is 0.317 e. The summed E-state index contributed by atoms with van der Waals surface area (Å²) in [6, 6.07) is 4.93. The van der Waals surface area contributed by atoms with Crippen LogP contribution in [0.4, 0.5) is 9.18 Å². The zero-order valence-corrected chi connectivity index (χ0v) is 15.6. The number of benzene rings is 1. The van der Waals surface area contributed by atoms with Crippen LogP contribution in [-0.4, -0.2) is 43.0 Å². The van der Waals surface area contributed by atoms with Gasteiger partial charge >= 0.3 is 6.03 Å². The van der Waals surface area contributed by atoms with Gasteiger partial charge in [-0.1, -0.05) is 12.1 Å². The predicted molar refractivity (Wildman–Crippen MR) is 98.4 cm³/mol. The minimum Gasteiger partial charge on any atom is -0.356 e. The first-order valence-corrected chi connectivity index (χ1v) is 9.54. The Labute approximate surface area is 154 Å². The number of rotatable bonds is 5. The van der Waals surface area contributed by atoms with Crippen LogP contribution in [-0.2, 0) is 4.79 Å². The minimum absolute atomic E-state index is 0.0229. The molecule has 2 aliphatic rings. The number of hydrogen-bond acceptors (Lipinski definition) is 2. The fourth-order valence-corrected chi connectivity index (χ4v) is 3.59. The van der Waals surface area contributed by atoms with Gasteiger partial charge in [0, 0.05) is 32.1 Å². The van der Waals surface area contributed by atoms with Crippen LogP contribution in [0.25, 0.3) is 0 Å². The molecule has 26 heavy (non-hydrogen) atoms. The minimum atomic E-state index is -0.236. The zero-order chi connectivity index (χ0) is 18.7. The summed E-state index contributed by atoms with van der Waals surface area (Å²) in [4.78, 5) is 26.7. The number of aryl methyl sites for hydroxylation is 1. The molecule has 6 heteroatoms. The van der Waals surface area contributed by atoms with Crippen molar-refractivity contribution in [3.05, 3.63) is 35.1 Å². The standard InChI is InChI=1S/C20H28FN3O2/c1-3-22-20(26)24-11-16(15-6-7-18(21)13(2)8-15)9-17(12-24)19(25)23-10-14-4-5-14/h6-8,14,16-17H,3-5,9-12H2,1-2H3,(H,22,26)(H,23,25)/t16-,17-/m1/s1. The molecular formula is C20H28FN3O2. The van der Waals surface area contributed by atoms with Crippen LogP contribution < -0.4 is 10.6 Å². The van der Waals surface area contributed by atoms with Crippen LogP contribution in [0.2, 0.25) is 0 Å². The number of hydrogen-bond donors (Lipinski definition) is 2. The summed E-state index contributed by atoms with van der Waals surface area (Å²) in [5.74, 6) is 0.207. The van der Waals surface area contributed by atoms with Gasteiger partial charge in [0.2, 0.25) is 5.91 Å². The molecule has 1 aromatic rings. The molecule has 1 saturated carbocycles. The third-order valence-electron chi connectivity index (χ3n) is 5.35. The van der Waals surface area contributed by atoms with Crippen LogP contribution in [0.5, 0.6) is 0 Å². The molecule has 142 valence electrons. The van der Waals surface area contributed by atoms with Crippen molar-refractivity contribution in [2.45, 2.75) is 39.0 Å². The Kier molecular flexibility index (Phi) is 5.79. The van der Waals surface area contributed by atoms with Gasteiger partial charge in [-0.3, -0.25) is 4.79 Å². The van der Waals surface area contributed by atoms with E-state index in [0.717, 1.165) is 12.1 Å². The van der Waals surface area contributed by atoms with Gasteiger partial charge in [-0.15, -0.1) is 0 Å². The third-order valence-corrected chi connectivity index (χ3v) is 5.35. The molecule has 2 atom stereocenters. The van der Waals surface area contributed by atoms with Gasteiger partial charge < -0.3 is 15.5 Å². The quantitative estimate of drug-likeness (QED) is 0.847. The molecule has 0 radical (unpaired) electrons. The maximum atomic E-state index is 13.6. The summed E-state index contributed by atoms with van der Waals surface area (Å²) in [7, 11) is 0. The fourth-order valence-electron chi connectivity index (χ4n) is 3.59. The molecule has 0 aromatic heterocycles. The summed E-state index contributed by atoms with van der Waals surface area (Å²) in [5.41, 5.74) is 1.57. The second-order valence-electron chi connectivity index (χ2n) is 7.57. The predicted octanol–water partition coefficient (Wildman–Crippen LogP) is 2.80. The molecule has 1 aromatic carbocycles. The van der Waals surface area contributed by atoms with Gasteiger partial charge in [0.1, 0.15) is 5.82 Å². The van der Waals surface area contributed by atoms with E-state index in [0.29, 0.717) is 37.5 Å². The van der Waals surface area contributed by atoms with Crippen molar-refractivity contribution in [1.29, 1.82) is 0 Å². The maximum absolute atomic E-state index is 13.6. The highest BCUT2D eigenvalue weighted by atomic mass is 19.1. The van der Waals surface area contributed by atoms with Crippen molar-refractivity contribution in [2.75, 3.05) is 26.2 Å². The second-order valence-corrected chi connectivity index (χ2v) is 7.57. The summed E-state index contributed by atoms with van der Waals surface area (Å²) in [5, 5.41) is 5.86. The highest BCUT2D eigenvalue weighted by molar-refractivity contribution is 5.81. The summed E-state index contributed by atoms with van der Waals surface area (Å²) in [6.45, 7) is 5.87. The SMILES string of the molecule is CCNC(=O)N1C[C@H](C(=O)NCC2CC2)C[C@@H](c2ccc(F)c(C)c2)C1. The van der Waals surface area contributed by atoms with Gasteiger partial charge in [0.25, 0.3) is 0 Å². The Morgan fingerprint density at radius 3 is 2.65 bits per heavy atom. The molecule has 2 N–H and O–H groups in total. The normalized spacial score (nSPS) is 22.8. The van der Waals surface area contributed by atoms with Gasteiger partial charge in [-0.25, -0.2) is 9.18 Å². The van der Waals surface area contributed by atoms with E-state index in [1.165, 1.54) is 18.9 Å². The Hall–Kier alpha value is -2.11. The number of halogens is 1. The lowest BCUT2D eigenvalue weighted by molar-refractivity contribution is -0.126. The van der Waals surface area contributed by atoms with Crippen molar-refractivity contribution in [2.24, 2.45) is 11.8 Å². The molecular weight excluding hydrogens is 333 g/mol. The molecule has 1 aliphatic heterocycles. The summed E-state index contributed by atoms with van der Waals surface area (Å²) < 4.78 is 13.6. The van der Waals surface area contributed by atoms with E-state index in [1.54, 1.807) is 17.9 Å². The van der Waals surface area contributed by atoms with E-state index in [-0.39, 0.29) is 29.6 Å². The molecule has 1 aliphatic carbocycles. The van der Waals surface area contributed by atoms with Crippen LogP contribution in [0.1, 0.15) is 43.2 Å². The second kappa shape index (κ2) is 8.06. The highest BCUT2D eigenvalue weighted by Crippen LogP contribution is 2.32. The highest BCUT2D eigenvalue weighted by Gasteiger charge is 2.35. The molecule has 0 bridgehead atoms. The summed E-state index contributed by atoms with van der Waals surface area (Å²) >= 11 is 0. The van der Waals surface area contributed by atoms with Gasteiger partial charge in [0.15, 0.2) is 0 Å². The molecule has 0 spiro atoms. The van der Waals surface area contributed by atoms with Crippen molar-refractivity contribution in [3.63, 3.8) is 0 Å². The Bertz CT molecular complexity index is 675. The Morgan fingerprint density at radius 2 is 2.00 bits per heavy atom. The van der Waals surface area contributed by atoms with E-state index in [9.17, 15) is 14.0 Å². The van der Waals surface area contributed by atoms with Crippen LogP contribution in [0.15, 0.2) is 18.2 Å². The first-order valence-electron chi connectivity index (χ1n) is 9.54. The average molecular weight is 361 g/mol. The van der Waals surface area contributed by atoms with Crippen molar-refractivity contribution in [1.82, 2.24) is 15.5 Å². The number of nitrogens with zero attached hydrogens (tertiary/aromatic N) is 1. The Morgan fingerprint density at radius 1 is 1.23 bits per heavy atom. The largest absolute Gasteiger partial charge is 0.356 e. The lowest BCUT2D eigenvalue weighted by Crippen LogP contribution is -2.51. The van der Waals surface area contributed by atoms with E-state index in [2.05, 4.69) is 10.6 Å². The number of nitrogens with one attached hydrogen (secondary N) is 2. The van der Waals surface area contributed by atoms with Gasteiger partial charge in [0.05, 0.1) is 5.92 Å². The molecule has 5 nitrogen and oxygen atoms in total. The monoisotopic (exact) mass is 361 g/mol. The number of urea groups is 1. The number of likely N-dealkylation sites (tertiary alicyclic amines) is 1. The Balaban J connectivity index is 1.74. The number of carbonyl (C=O) groups is 2. The van der Waals surface area contributed by atoms with E-state index < -0.39 is 0 Å². The van der Waals surface area contributed by atoms with E-state index >= 15 is 0 Å². The first kappa shape index (κ1) is 18.7. The van der Waals surface area contributed by atoms with Gasteiger partial charge in [-0.05, 0) is 56.2 Å². The molecule has 3 amide bonds. The topological polar surface area (TPSA) is 61.4 Å². The molecule has 3 rings (SSSR count). The van der Waals surface area contributed by atoms with Gasteiger partial charge in [-0.2, -0.15) is 0 Å².